The van der Waals surface area contributed by atoms with Crippen molar-refractivity contribution in [1.29, 1.82) is 0 Å². The molecule has 0 bridgehead atoms. The molecule has 0 saturated carbocycles. The zero-order valence-corrected chi connectivity index (χ0v) is 13.5. The highest BCUT2D eigenvalue weighted by molar-refractivity contribution is 5.23. The Bertz CT molecular complexity index is 704. The summed E-state index contributed by atoms with van der Waals surface area (Å²) in [5.74, 6) is -0.192. The summed E-state index contributed by atoms with van der Waals surface area (Å²) in [6, 6.07) is 11.6. The van der Waals surface area contributed by atoms with Gasteiger partial charge in [-0.05, 0) is 12.6 Å². The molecule has 3 rings (SSSR count). The third kappa shape index (κ3) is 4.00. The maximum absolute atomic E-state index is 11.8. The van der Waals surface area contributed by atoms with Crippen molar-refractivity contribution in [3.8, 4) is 5.75 Å². The molecule has 1 aliphatic rings. The molecule has 122 valence electrons. The average Bonchev–Trinajstić information content (AvgIpc) is 2.55. The van der Waals surface area contributed by atoms with Gasteiger partial charge < -0.3 is 14.6 Å². The Labute approximate surface area is 136 Å². The van der Waals surface area contributed by atoms with Gasteiger partial charge in [0.1, 0.15) is 0 Å². The Morgan fingerprint density at radius 1 is 1.04 bits per heavy atom. The molecule has 0 atom stereocenters. The van der Waals surface area contributed by atoms with E-state index >= 15 is 0 Å². The van der Waals surface area contributed by atoms with Gasteiger partial charge in [-0.25, -0.2) is 0 Å². The molecule has 0 unspecified atom stereocenters. The van der Waals surface area contributed by atoms with Gasteiger partial charge in [0.05, 0.1) is 6.20 Å². The fraction of sp³-hybridized carbons (Fsp3) is 0.389. The van der Waals surface area contributed by atoms with Crippen LogP contribution in [0, 0.1) is 0 Å². The number of rotatable bonds is 4. The van der Waals surface area contributed by atoms with Crippen LogP contribution in [0.5, 0.6) is 5.75 Å². The summed E-state index contributed by atoms with van der Waals surface area (Å²) in [5, 5.41) is 9.79. The lowest BCUT2D eigenvalue weighted by Gasteiger charge is -2.32. The van der Waals surface area contributed by atoms with Crippen LogP contribution >= 0.6 is 0 Å². The Morgan fingerprint density at radius 3 is 2.43 bits per heavy atom. The minimum Gasteiger partial charge on any atom is -0.503 e. The molecule has 1 fully saturated rings. The van der Waals surface area contributed by atoms with Crippen molar-refractivity contribution >= 4 is 0 Å². The lowest BCUT2D eigenvalue weighted by atomic mass is 10.2. The van der Waals surface area contributed by atoms with E-state index in [1.165, 1.54) is 0 Å². The quantitative estimate of drug-likeness (QED) is 0.926. The van der Waals surface area contributed by atoms with Gasteiger partial charge in [0, 0.05) is 51.0 Å². The largest absolute Gasteiger partial charge is 0.503 e. The fourth-order valence-corrected chi connectivity index (χ4v) is 2.90. The van der Waals surface area contributed by atoms with Gasteiger partial charge in [-0.1, -0.05) is 30.3 Å². The summed E-state index contributed by atoms with van der Waals surface area (Å²) in [6.07, 6.45) is 1.56. The number of pyridine rings is 1. The van der Waals surface area contributed by atoms with Crippen molar-refractivity contribution < 1.29 is 5.11 Å². The van der Waals surface area contributed by atoms with Crippen molar-refractivity contribution in [3.63, 3.8) is 0 Å². The lowest BCUT2D eigenvalue weighted by Crippen LogP contribution is -2.44. The van der Waals surface area contributed by atoms with E-state index < -0.39 is 0 Å². The van der Waals surface area contributed by atoms with Crippen molar-refractivity contribution in [2.24, 2.45) is 0 Å². The number of hydrogen-bond donors (Lipinski definition) is 1. The van der Waals surface area contributed by atoms with Crippen molar-refractivity contribution in [1.82, 2.24) is 14.4 Å². The first-order valence-electron chi connectivity index (χ1n) is 7.99. The molecule has 1 saturated heterocycles. The fourth-order valence-electron chi connectivity index (χ4n) is 2.90. The second-order valence-electron chi connectivity index (χ2n) is 6.21. The number of aromatic hydroxyl groups is 1. The summed E-state index contributed by atoms with van der Waals surface area (Å²) >= 11 is 0. The molecular formula is C18H23N3O2. The molecular weight excluding hydrogens is 290 g/mol. The van der Waals surface area contributed by atoms with Crippen LogP contribution in [0.15, 0.2) is 47.4 Å². The maximum Gasteiger partial charge on any atom is 0.223 e. The van der Waals surface area contributed by atoms with Crippen LogP contribution in [0.4, 0.5) is 0 Å². The minimum absolute atomic E-state index is 0.192. The van der Waals surface area contributed by atoms with Crippen molar-refractivity contribution in [3.05, 3.63) is 64.1 Å². The van der Waals surface area contributed by atoms with E-state index in [1.54, 1.807) is 12.3 Å². The van der Waals surface area contributed by atoms with E-state index in [4.69, 9.17) is 0 Å². The maximum atomic E-state index is 11.8. The number of benzene rings is 1. The van der Waals surface area contributed by atoms with Gasteiger partial charge in [0.25, 0.3) is 0 Å². The number of nitrogens with zero attached hydrogens (tertiary/aromatic N) is 3. The standard InChI is InChI=1S/C18H23N3O2/c1-19-7-9-20(10-8-19)13-16-11-17(22)18(23)14-21(16)12-15-5-3-2-4-6-15/h2-6,11,14,23H,7-10,12-13H2,1H3. The molecule has 1 aliphatic heterocycles. The molecule has 23 heavy (non-hydrogen) atoms. The van der Waals surface area contributed by atoms with Crippen LogP contribution < -0.4 is 5.43 Å². The molecule has 1 aromatic heterocycles. The SMILES string of the molecule is CN1CCN(Cc2cc(=O)c(O)cn2Cc2ccccc2)CC1. The average molecular weight is 313 g/mol. The molecule has 5 heteroatoms. The van der Waals surface area contributed by atoms with Gasteiger partial charge in [0.2, 0.25) is 5.43 Å². The molecule has 0 amide bonds. The monoisotopic (exact) mass is 313 g/mol. The first kappa shape index (κ1) is 15.8. The van der Waals surface area contributed by atoms with Crippen LogP contribution in [-0.2, 0) is 13.1 Å². The third-order valence-electron chi connectivity index (χ3n) is 4.37. The van der Waals surface area contributed by atoms with Gasteiger partial charge in [-0.15, -0.1) is 0 Å². The summed E-state index contributed by atoms with van der Waals surface area (Å²) in [6.45, 7) is 5.46. The van der Waals surface area contributed by atoms with Crippen LogP contribution in [0.2, 0.25) is 0 Å². The normalized spacial score (nSPS) is 16.6. The summed E-state index contributed by atoms with van der Waals surface area (Å²) in [5.41, 5.74) is 1.79. The van der Waals surface area contributed by atoms with Gasteiger partial charge in [0.15, 0.2) is 5.75 Å². The highest BCUT2D eigenvalue weighted by Crippen LogP contribution is 2.13. The smallest absolute Gasteiger partial charge is 0.223 e. The van der Waals surface area contributed by atoms with E-state index in [2.05, 4.69) is 29.0 Å². The number of likely N-dealkylation sites (N-methyl/N-ethyl adjacent to an activating group) is 1. The molecule has 0 aliphatic carbocycles. The van der Waals surface area contributed by atoms with Crippen LogP contribution in [-0.4, -0.2) is 52.7 Å². The second-order valence-corrected chi connectivity index (χ2v) is 6.21. The van der Waals surface area contributed by atoms with E-state index in [9.17, 15) is 9.90 Å². The van der Waals surface area contributed by atoms with Crippen LogP contribution in [0.25, 0.3) is 0 Å². The molecule has 5 nitrogen and oxygen atoms in total. The van der Waals surface area contributed by atoms with Crippen molar-refractivity contribution in [2.45, 2.75) is 13.1 Å². The third-order valence-corrected chi connectivity index (χ3v) is 4.37. The van der Waals surface area contributed by atoms with E-state index in [1.807, 2.05) is 22.8 Å². The number of piperazine rings is 1. The van der Waals surface area contributed by atoms with E-state index in [-0.39, 0.29) is 11.2 Å². The predicted molar refractivity (Wildman–Crippen MR) is 90.7 cm³/mol. The topological polar surface area (TPSA) is 48.7 Å². The zero-order valence-electron chi connectivity index (χ0n) is 13.5. The minimum atomic E-state index is -0.307. The molecule has 2 aromatic rings. The second kappa shape index (κ2) is 6.98. The molecule has 0 spiro atoms. The predicted octanol–water partition coefficient (Wildman–Crippen LogP) is 1.35. The Morgan fingerprint density at radius 2 is 1.74 bits per heavy atom. The first-order valence-corrected chi connectivity index (χ1v) is 7.99. The Hall–Kier alpha value is -2.11. The van der Waals surface area contributed by atoms with E-state index in [0.29, 0.717) is 6.54 Å². The molecule has 0 radical (unpaired) electrons. The summed E-state index contributed by atoms with van der Waals surface area (Å²) < 4.78 is 1.98. The number of hydrogen-bond acceptors (Lipinski definition) is 4. The highest BCUT2D eigenvalue weighted by Gasteiger charge is 2.16. The highest BCUT2D eigenvalue weighted by atomic mass is 16.3. The Balaban J connectivity index is 1.83. The van der Waals surface area contributed by atoms with Gasteiger partial charge >= 0.3 is 0 Å². The Kier molecular flexibility index (Phi) is 4.79. The molecule has 2 heterocycles. The van der Waals surface area contributed by atoms with Crippen LogP contribution in [0.1, 0.15) is 11.3 Å². The van der Waals surface area contributed by atoms with Gasteiger partial charge in [-0.2, -0.15) is 0 Å². The lowest BCUT2D eigenvalue weighted by molar-refractivity contribution is 0.145. The van der Waals surface area contributed by atoms with Crippen molar-refractivity contribution in [2.75, 3.05) is 33.2 Å². The molecule has 1 N–H and O–H groups in total. The first-order chi connectivity index (χ1) is 11.1. The summed E-state index contributed by atoms with van der Waals surface area (Å²) in [7, 11) is 2.13. The summed E-state index contributed by atoms with van der Waals surface area (Å²) in [4.78, 5) is 16.5. The van der Waals surface area contributed by atoms with E-state index in [0.717, 1.165) is 44.0 Å². The zero-order chi connectivity index (χ0) is 16.2. The van der Waals surface area contributed by atoms with Crippen LogP contribution in [0.3, 0.4) is 0 Å². The number of aromatic nitrogens is 1. The van der Waals surface area contributed by atoms with Gasteiger partial charge in [-0.3, -0.25) is 9.69 Å². The molecule has 1 aromatic carbocycles.